The molecule has 1 saturated heterocycles. The third kappa shape index (κ3) is 5.83. The summed E-state index contributed by atoms with van der Waals surface area (Å²) in [6.07, 6.45) is 11.9. The van der Waals surface area contributed by atoms with Crippen molar-refractivity contribution in [1.82, 2.24) is 5.43 Å². The Hall–Kier alpha value is -0.120. The van der Waals surface area contributed by atoms with E-state index in [9.17, 15) is 0 Å². The predicted octanol–water partition coefficient (Wildman–Crippen LogP) is 2.75. The van der Waals surface area contributed by atoms with E-state index in [-0.39, 0.29) is 0 Å². The minimum Gasteiger partial charge on any atom is -0.378 e. The lowest BCUT2D eigenvalue weighted by atomic mass is 10.0. The van der Waals surface area contributed by atoms with Crippen LogP contribution in [0.3, 0.4) is 0 Å². The van der Waals surface area contributed by atoms with Crippen LogP contribution in [0.5, 0.6) is 0 Å². The normalized spacial score (nSPS) is 22.5. The first-order chi connectivity index (χ1) is 7.86. The van der Waals surface area contributed by atoms with Crippen molar-refractivity contribution < 1.29 is 4.74 Å². The summed E-state index contributed by atoms with van der Waals surface area (Å²) in [5.74, 6) is 5.59. The molecule has 3 heteroatoms. The van der Waals surface area contributed by atoms with E-state index in [1.807, 2.05) is 0 Å². The molecule has 0 radical (unpaired) electrons. The van der Waals surface area contributed by atoms with E-state index in [1.54, 1.807) is 0 Å². The summed E-state index contributed by atoms with van der Waals surface area (Å²) in [4.78, 5) is 0. The maximum absolute atomic E-state index is 5.63. The van der Waals surface area contributed by atoms with Crippen molar-refractivity contribution in [3.8, 4) is 0 Å². The maximum atomic E-state index is 5.63. The van der Waals surface area contributed by atoms with E-state index in [4.69, 9.17) is 10.6 Å². The lowest BCUT2D eigenvalue weighted by Gasteiger charge is -2.19. The van der Waals surface area contributed by atoms with Crippen LogP contribution < -0.4 is 11.3 Å². The van der Waals surface area contributed by atoms with E-state index >= 15 is 0 Å². The van der Waals surface area contributed by atoms with Gasteiger partial charge in [0.15, 0.2) is 0 Å². The highest BCUT2D eigenvalue weighted by Crippen LogP contribution is 2.19. The topological polar surface area (TPSA) is 47.3 Å². The van der Waals surface area contributed by atoms with Gasteiger partial charge >= 0.3 is 0 Å². The zero-order valence-corrected chi connectivity index (χ0v) is 10.7. The van der Waals surface area contributed by atoms with E-state index < -0.39 is 0 Å². The van der Waals surface area contributed by atoms with Crippen LogP contribution in [0, 0.1) is 0 Å². The first kappa shape index (κ1) is 13.9. The number of ether oxygens (including phenoxy) is 1. The van der Waals surface area contributed by atoms with Gasteiger partial charge in [0.25, 0.3) is 0 Å². The van der Waals surface area contributed by atoms with Crippen molar-refractivity contribution in [1.29, 1.82) is 0 Å². The average Bonchev–Trinajstić information content (AvgIpc) is 2.80. The Morgan fingerprint density at radius 2 is 2.12 bits per heavy atom. The van der Waals surface area contributed by atoms with Crippen LogP contribution in [0.25, 0.3) is 0 Å². The summed E-state index contributed by atoms with van der Waals surface area (Å²) in [7, 11) is 0. The minimum absolute atomic E-state index is 0.449. The number of nitrogens with one attached hydrogen (secondary N) is 1. The molecule has 1 heterocycles. The fourth-order valence-electron chi connectivity index (χ4n) is 2.41. The highest BCUT2D eigenvalue weighted by molar-refractivity contribution is 4.73. The SMILES string of the molecule is CCCCCCCC(CC1CCCO1)NN. The average molecular weight is 228 g/mol. The number of nitrogens with two attached hydrogens (primary N) is 1. The van der Waals surface area contributed by atoms with Crippen LogP contribution in [0.4, 0.5) is 0 Å². The summed E-state index contributed by atoms with van der Waals surface area (Å²) in [6.45, 7) is 3.19. The molecule has 1 rings (SSSR count). The minimum atomic E-state index is 0.449. The number of hydrogen-bond acceptors (Lipinski definition) is 3. The lowest BCUT2D eigenvalue weighted by molar-refractivity contribution is 0.0933. The van der Waals surface area contributed by atoms with Crippen LogP contribution >= 0.6 is 0 Å². The molecule has 0 spiro atoms. The summed E-state index contributed by atoms with van der Waals surface area (Å²) in [6, 6.07) is 0.449. The third-order valence-electron chi connectivity index (χ3n) is 3.46. The molecule has 2 unspecified atom stereocenters. The van der Waals surface area contributed by atoms with Crippen LogP contribution in [-0.2, 0) is 4.74 Å². The summed E-state index contributed by atoms with van der Waals surface area (Å²) >= 11 is 0. The maximum Gasteiger partial charge on any atom is 0.0591 e. The molecule has 3 N–H and O–H groups in total. The zero-order valence-electron chi connectivity index (χ0n) is 10.7. The van der Waals surface area contributed by atoms with Gasteiger partial charge in [-0.2, -0.15) is 0 Å². The van der Waals surface area contributed by atoms with E-state index in [1.165, 1.54) is 51.4 Å². The Morgan fingerprint density at radius 3 is 2.75 bits per heavy atom. The molecule has 1 fully saturated rings. The Balaban J connectivity index is 2.01. The largest absolute Gasteiger partial charge is 0.378 e. The Labute approximate surface area is 100 Å². The second-order valence-electron chi connectivity index (χ2n) is 4.94. The highest BCUT2D eigenvalue weighted by atomic mass is 16.5. The van der Waals surface area contributed by atoms with Gasteiger partial charge in [-0.15, -0.1) is 0 Å². The standard InChI is InChI=1S/C13H28N2O/c1-2-3-4-5-6-8-12(15-14)11-13-9-7-10-16-13/h12-13,15H,2-11,14H2,1H3. The van der Waals surface area contributed by atoms with Crippen molar-refractivity contribution in [2.75, 3.05) is 6.61 Å². The fourth-order valence-corrected chi connectivity index (χ4v) is 2.41. The molecule has 0 saturated carbocycles. The summed E-state index contributed by atoms with van der Waals surface area (Å²) in [5.41, 5.74) is 2.94. The molecule has 0 aromatic heterocycles. The first-order valence-electron chi connectivity index (χ1n) is 6.94. The molecular weight excluding hydrogens is 200 g/mol. The molecule has 0 bridgehead atoms. The predicted molar refractivity (Wildman–Crippen MR) is 68.1 cm³/mol. The number of unbranched alkanes of at least 4 members (excludes halogenated alkanes) is 4. The summed E-state index contributed by atoms with van der Waals surface area (Å²) in [5, 5.41) is 0. The molecule has 1 aliphatic rings. The van der Waals surface area contributed by atoms with Gasteiger partial charge in [-0.25, -0.2) is 0 Å². The van der Waals surface area contributed by atoms with Gasteiger partial charge in [0.2, 0.25) is 0 Å². The van der Waals surface area contributed by atoms with Crippen molar-refractivity contribution in [3.63, 3.8) is 0 Å². The van der Waals surface area contributed by atoms with Crippen molar-refractivity contribution in [2.45, 2.75) is 76.9 Å². The van der Waals surface area contributed by atoms with Crippen LogP contribution in [-0.4, -0.2) is 18.8 Å². The van der Waals surface area contributed by atoms with Gasteiger partial charge in [0, 0.05) is 12.6 Å². The summed E-state index contributed by atoms with van der Waals surface area (Å²) < 4.78 is 5.63. The quantitative estimate of drug-likeness (QED) is 0.362. The van der Waals surface area contributed by atoms with Crippen molar-refractivity contribution in [2.24, 2.45) is 5.84 Å². The molecule has 16 heavy (non-hydrogen) atoms. The number of hydrazine groups is 1. The van der Waals surface area contributed by atoms with Crippen LogP contribution in [0.15, 0.2) is 0 Å². The first-order valence-corrected chi connectivity index (χ1v) is 6.94. The molecule has 0 aliphatic carbocycles. The van der Waals surface area contributed by atoms with Gasteiger partial charge in [0.05, 0.1) is 6.10 Å². The second-order valence-corrected chi connectivity index (χ2v) is 4.94. The van der Waals surface area contributed by atoms with E-state index in [0.717, 1.165) is 13.0 Å². The van der Waals surface area contributed by atoms with Gasteiger partial charge in [-0.1, -0.05) is 39.0 Å². The van der Waals surface area contributed by atoms with Crippen molar-refractivity contribution in [3.05, 3.63) is 0 Å². The molecule has 0 aromatic rings. The molecule has 0 aromatic carbocycles. The smallest absolute Gasteiger partial charge is 0.0591 e. The van der Waals surface area contributed by atoms with Crippen LogP contribution in [0.2, 0.25) is 0 Å². The Morgan fingerprint density at radius 1 is 1.31 bits per heavy atom. The zero-order chi connectivity index (χ0) is 11.6. The van der Waals surface area contributed by atoms with Crippen LogP contribution in [0.1, 0.15) is 64.7 Å². The molecule has 3 nitrogen and oxygen atoms in total. The van der Waals surface area contributed by atoms with Gasteiger partial charge in [-0.05, 0) is 25.7 Å². The molecule has 0 amide bonds. The fraction of sp³-hybridized carbons (Fsp3) is 1.00. The van der Waals surface area contributed by atoms with Gasteiger partial charge in [0.1, 0.15) is 0 Å². The van der Waals surface area contributed by atoms with Gasteiger partial charge < -0.3 is 4.74 Å². The monoisotopic (exact) mass is 228 g/mol. The van der Waals surface area contributed by atoms with E-state index in [0.29, 0.717) is 12.1 Å². The highest BCUT2D eigenvalue weighted by Gasteiger charge is 2.19. The second kappa shape index (κ2) is 8.97. The molecule has 2 atom stereocenters. The van der Waals surface area contributed by atoms with Crippen molar-refractivity contribution >= 4 is 0 Å². The third-order valence-corrected chi connectivity index (χ3v) is 3.46. The van der Waals surface area contributed by atoms with E-state index in [2.05, 4.69) is 12.3 Å². The molecule has 1 aliphatic heterocycles. The Bertz CT molecular complexity index is 158. The van der Waals surface area contributed by atoms with Gasteiger partial charge in [-0.3, -0.25) is 11.3 Å². The number of hydrogen-bond donors (Lipinski definition) is 2. The number of rotatable bonds is 9. The lowest BCUT2D eigenvalue weighted by Crippen LogP contribution is -2.37. The molecule has 96 valence electrons. The Kier molecular flexibility index (Phi) is 7.81. The molecular formula is C13H28N2O.